The van der Waals surface area contributed by atoms with Gasteiger partial charge >= 0.3 is 0 Å². The lowest BCUT2D eigenvalue weighted by Crippen LogP contribution is -2.11. The topological polar surface area (TPSA) is 47.9 Å². The van der Waals surface area contributed by atoms with Crippen LogP contribution in [0.5, 0.6) is 17.2 Å². The molecule has 118 valence electrons. The molecule has 1 unspecified atom stereocenters. The summed E-state index contributed by atoms with van der Waals surface area (Å²) < 4.78 is 42.3. The molecule has 0 aliphatic rings. The van der Waals surface area contributed by atoms with E-state index in [0.717, 1.165) is 6.07 Å². The summed E-state index contributed by atoms with van der Waals surface area (Å²) in [6, 6.07) is 8.29. The molecule has 1 atom stereocenters. The number of ether oxygens (including phenoxy) is 3. The monoisotopic (exact) mass is 310 g/mol. The first-order chi connectivity index (χ1) is 10.6. The lowest BCUT2D eigenvalue weighted by Gasteiger charge is -2.15. The standard InChI is InChI=1S/C16H16F2O4/c1-20-14-7-6-10(8-12(14)18)13(19)9-22-16-11(17)4-3-5-15(16)21-2/h3-8,13,19H,9H2,1-2H3. The van der Waals surface area contributed by atoms with Gasteiger partial charge in [-0.2, -0.15) is 0 Å². The molecule has 2 aromatic carbocycles. The second kappa shape index (κ2) is 7.09. The van der Waals surface area contributed by atoms with Gasteiger partial charge in [-0.05, 0) is 29.8 Å². The minimum atomic E-state index is -1.12. The van der Waals surface area contributed by atoms with E-state index in [-0.39, 0.29) is 23.9 Å². The third-order valence-corrected chi connectivity index (χ3v) is 3.10. The molecule has 0 heterocycles. The van der Waals surface area contributed by atoms with Gasteiger partial charge < -0.3 is 19.3 Å². The minimum Gasteiger partial charge on any atom is -0.494 e. The number of methoxy groups -OCH3 is 2. The number of hydrogen-bond acceptors (Lipinski definition) is 4. The van der Waals surface area contributed by atoms with E-state index in [1.165, 1.54) is 44.6 Å². The fraction of sp³-hybridized carbons (Fsp3) is 0.250. The van der Waals surface area contributed by atoms with Crippen LogP contribution < -0.4 is 14.2 Å². The molecule has 4 nitrogen and oxygen atoms in total. The maximum atomic E-state index is 13.7. The summed E-state index contributed by atoms with van der Waals surface area (Å²) in [5, 5.41) is 10.0. The number of hydrogen-bond donors (Lipinski definition) is 1. The first-order valence-corrected chi connectivity index (χ1v) is 6.53. The highest BCUT2D eigenvalue weighted by Crippen LogP contribution is 2.31. The number of para-hydroxylation sites is 1. The molecule has 0 aromatic heterocycles. The molecule has 0 aliphatic carbocycles. The summed E-state index contributed by atoms with van der Waals surface area (Å²) in [4.78, 5) is 0. The van der Waals surface area contributed by atoms with E-state index in [1.807, 2.05) is 0 Å². The van der Waals surface area contributed by atoms with Crippen LogP contribution in [0.2, 0.25) is 0 Å². The van der Waals surface area contributed by atoms with Crippen LogP contribution >= 0.6 is 0 Å². The summed E-state index contributed by atoms with van der Waals surface area (Å²) in [5.74, 6) is -1.01. The Kier molecular flexibility index (Phi) is 5.16. The van der Waals surface area contributed by atoms with E-state index >= 15 is 0 Å². The van der Waals surface area contributed by atoms with Crippen LogP contribution in [-0.4, -0.2) is 25.9 Å². The van der Waals surface area contributed by atoms with Gasteiger partial charge in [-0.1, -0.05) is 12.1 Å². The molecule has 0 radical (unpaired) electrons. The van der Waals surface area contributed by atoms with Gasteiger partial charge in [0, 0.05) is 0 Å². The molecule has 0 fully saturated rings. The predicted octanol–water partition coefficient (Wildman–Crippen LogP) is 3.09. The first kappa shape index (κ1) is 16.0. The molecular formula is C16H16F2O4. The van der Waals surface area contributed by atoms with Gasteiger partial charge in [0.15, 0.2) is 28.9 Å². The summed E-state index contributed by atoms with van der Waals surface area (Å²) in [6.45, 7) is -0.247. The van der Waals surface area contributed by atoms with Crippen LogP contribution in [0.1, 0.15) is 11.7 Å². The average molecular weight is 310 g/mol. The van der Waals surface area contributed by atoms with Crippen molar-refractivity contribution in [3.63, 3.8) is 0 Å². The van der Waals surface area contributed by atoms with E-state index in [2.05, 4.69) is 0 Å². The highest BCUT2D eigenvalue weighted by Gasteiger charge is 2.15. The summed E-state index contributed by atoms with van der Waals surface area (Å²) in [7, 11) is 2.74. The Morgan fingerprint density at radius 2 is 1.73 bits per heavy atom. The Hall–Kier alpha value is -2.34. The summed E-state index contributed by atoms with van der Waals surface area (Å²) in [6.07, 6.45) is -1.12. The fourth-order valence-corrected chi connectivity index (χ4v) is 1.94. The van der Waals surface area contributed by atoms with E-state index in [0.29, 0.717) is 5.56 Å². The van der Waals surface area contributed by atoms with Crippen LogP contribution in [-0.2, 0) is 0 Å². The zero-order valence-corrected chi connectivity index (χ0v) is 12.2. The molecule has 0 aliphatic heterocycles. The van der Waals surface area contributed by atoms with E-state index < -0.39 is 17.7 Å². The maximum Gasteiger partial charge on any atom is 0.197 e. The van der Waals surface area contributed by atoms with Crippen molar-refractivity contribution >= 4 is 0 Å². The Morgan fingerprint density at radius 1 is 1.00 bits per heavy atom. The quantitative estimate of drug-likeness (QED) is 0.890. The number of benzene rings is 2. The van der Waals surface area contributed by atoms with Gasteiger partial charge in [-0.3, -0.25) is 0 Å². The predicted molar refractivity (Wildman–Crippen MR) is 76.4 cm³/mol. The Balaban J connectivity index is 2.10. The molecule has 0 saturated carbocycles. The van der Waals surface area contributed by atoms with Gasteiger partial charge in [0.05, 0.1) is 14.2 Å². The second-order valence-electron chi connectivity index (χ2n) is 4.49. The van der Waals surface area contributed by atoms with Crippen molar-refractivity contribution in [2.75, 3.05) is 20.8 Å². The van der Waals surface area contributed by atoms with Crippen molar-refractivity contribution in [3.05, 3.63) is 53.6 Å². The van der Waals surface area contributed by atoms with Gasteiger partial charge in [0.1, 0.15) is 12.7 Å². The number of aliphatic hydroxyl groups excluding tert-OH is 1. The third-order valence-electron chi connectivity index (χ3n) is 3.10. The minimum absolute atomic E-state index is 0.0765. The van der Waals surface area contributed by atoms with Crippen molar-refractivity contribution in [2.24, 2.45) is 0 Å². The van der Waals surface area contributed by atoms with Crippen molar-refractivity contribution in [1.82, 2.24) is 0 Å². The average Bonchev–Trinajstić information content (AvgIpc) is 2.53. The molecule has 2 aromatic rings. The Labute approximate surface area is 126 Å². The normalized spacial score (nSPS) is 11.9. The second-order valence-corrected chi connectivity index (χ2v) is 4.49. The number of rotatable bonds is 6. The SMILES string of the molecule is COc1ccc(C(O)COc2c(F)cccc2OC)cc1F. The molecule has 1 N–H and O–H groups in total. The van der Waals surface area contributed by atoms with Crippen LogP contribution in [0.15, 0.2) is 36.4 Å². The lowest BCUT2D eigenvalue weighted by molar-refractivity contribution is 0.103. The van der Waals surface area contributed by atoms with Crippen molar-refractivity contribution in [2.45, 2.75) is 6.10 Å². The van der Waals surface area contributed by atoms with Gasteiger partial charge in [-0.15, -0.1) is 0 Å². The number of aliphatic hydroxyl groups is 1. The molecule has 22 heavy (non-hydrogen) atoms. The zero-order valence-electron chi connectivity index (χ0n) is 12.2. The fourth-order valence-electron chi connectivity index (χ4n) is 1.94. The lowest BCUT2D eigenvalue weighted by atomic mass is 10.1. The largest absolute Gasteiger partial charge is 0.494 e. The molecule has 2 rings (SSSR count). The highest BCUT2D eigenvalue weighted by atomic mass is 19.1. The van der Waals surface area contributed by atoms with E-state index in [9.17, 15) is 13.9 Å². The highest BCUT2D eigenvalue weighted by molar-refractivity contribution is 5.41. The molecule has 0 bridgehead atoms. The molecular weight excluding hydrogens is 294 g/mol. The van der Waals surface area contributed by atoms with Crippen molar-refractivity contribution in [1.29, 1.82) is 0 Å². The molecule has 0 spiro atoms. The van der Waals surface area contributed by atoms with E-state index in [4.69, 9.17) is 14.2 Å². The van der Waals surface area contributed by atoms with Crippen LogP contribution in [0.3, 0.4) is 0 Å². The Morgan fingerprint density at radius 3 is 2.36 bits per heavy atom. The molecule has 0 amide bonds. The van der Waals surface area contributed by atoms with Crippen LogP contribution in [0, 0.1) is 11.6 Å². The maximum absolute atomic E-state index is 13.7. The molecule has 6 heteroatoms. The summed E-state index contributed by atoms with van der Waals surface area (Å²) >= 11 is 0. The summed E-state index contributed by atoms with van der Waals surface area (Å²) in [5.41, 5.74) is 0.300. The van der Waals surface area contributed by atoms with Crippen LogP contribution in [0.4, 0.5) is 8.78 Å². The van der Waals surface area contributed by atoms with Crippen LogP contribution in [0.25, 0.3) is 0 Å². The Bertz CT molecular complexity index is 646. The zero-order chi connectivity index (χ0) is 16.1. The first-order valence-electron chi connectivity index (χ1n) is 6.53. The number of halogens is 2. The van der Waals surface area contributed by atoms with Crippen molar-refractivity contribution < 1.29 is 28.1 Å². The van der Waals surface area contributed by atoms with E-state index in [1.54, 1.807) is 0 Å². The van der Waals surface area contributed by atoms with Gasteiger partial charge in [0.2, 0.25) is 0 Å². The van der Waals surface area contributed by atoms with Gasteiger partial charge in [0.25, 0.3) is 0 Å². The third kappa shape index (κ3) is 3.46. The van der Waals surface area contributed by atoms with Gasteiger partial charge in [-0.25, -0.2) is 8.78 Å². The van der Waals surface area contributed by atoms with Crippen molar-refractivity contribution in [3.8, 4) is 17.2 Å². The smallest absolute Gasteiger partial charge is 0.197 e. The molecule has 0 saturated heterocycles.